The van der Waals surface area contributed by atoms with Gasteiger partial charge in [0, 0.05) is 30.8 Å². The van der Waals surface area contributed by atoms with E-state index in [9.17, 15) is 5.11 Å². The van der Waals surface area contributed by atoms with E-state index in [1.54, 1.807) is 0 Å². The Labute approximate surface area is 120 Å². The molecule has 1 aliphatic rings. The van der Waals surface area contributed by atoms with Crippen molar-refractivity contribution in [1.29, 1.82) is 0 Å². The summed E-state index contributed by atoms with van der Waals surface area (Å²) in [4.78, 5) is 4.69. The Hall–Kier alpha value is -0.610. The largest absolute Gasteiger partial charge is 0.396 e. The minimum absolute atomic E-state index is 0.289. The average molecular weight is 283 g/mol. The molecule has 1 heterocycles. The predicted molar refractivity (Wildman–Crippen MR) is 79.4 cm³/mol. The van der Waals surface area contributed by atoms with E-state index < -0.39 is 0 Å². The average Bonchev–Trinajstić information content (AvgIpc) is 2.41. The molecule has 2 atom stereocenters. The standard InChI is InChI=1S/C15H23ClN2O/c1-17(2)15-10-18(8-7-13(15)11-19)9-12-3-5-14(16)6-4-12/h3-6,13,15,19H,7-11H2,1-2H3/t13-,15-/m1/s1. The minimum atomic E-state index is 0.289. The van der Waals surface area contributed by atoms with Crippen LogP contribution in [0.15, 0.2) is 24.3 Å². The van der Waals surface area contributed by atoms with Crippen molar-refractivity contribution in [3.63, 3.8) is 0 Å². The van der Waals surface area contributed by atoms with Gasteiger partial charge in [-0.25, -0.2) is 0 Å². The molecular formula is C15H23ClN2O. The smallest absolute Gasteiger partial charge is 0.0475 e. The van der Waals surface area contributed by atoms with Gasteiger partial charge in [-0.15, -0.1) is 0 Å². The SMILES string of the molecule is CN(C)[C@@H]1CN(Cc2ccc(Cl)cc2)CC[C@@H]1CO. The van der Waals surface area contributed by atoms with E-state index in [0.717, 1.165) is 31.1 Å². The van der Waals surface area contributed by atoms with E-state index >= 15 is 0 Å². The quantitative estimate of drug-likeness (QED) is 0.916. The maximum absolute atomic E-state index is 9.46. The van der Waals surface area contributed by atoms with Crippen molar-refractivity contribution in [3.8, 4) is 0 Å². The molecule has 1 aromatic carbocycles. The molecule has 0 bridgehead atoms. The summed E-state index contributed by atoms with van der Waals surface area (Å²) < 4.78 is 0. The maximum atomic E-state index is 9.46. The van der Waals surface area contributed by atoms with Crippen molar-refractivity contribution in [1.82, 2.24) is 9.80 Å². The van der Waals surface area contributed by atoms with Crippen LogP contribution < -0.4 is 0 Å². The second kappa shape index (κ2) is 6.71. The van der Waals surface area contributed by atoms with Crippen molar-refractivity contribution < 1.29 is 5.11 Å². The number of hydrogen-bond acceptors (Lipinski definition) is 3. The first kappa shape index (κ1) is 14.8. The van der Waals surface area contributed by atoms with Crippen molar-refractivity contribution >= 4 is 11.6 Å². The molecule has 2 rings (SSSR count). The molecule has 1 saturated heterocycles. The third-order valence-corrected chi connectivity index (χ3v) is 4.27. The highest BCUT2D eigenvalue weighted by Gasteiger charge is 2.29. The number of likely N-dealkylation sites (tertiary alicyclic amines) is 1. The zero-order chi connectivity index (χ0) is 13.8. The van der Waals surface area contributed by atoms with Gasteiger partial charge in [-0.05, 0) is 50.7 Å². The summed E-state index contributed by atoms with van der Waals surface area (Å²) in [5.41, 5.74) is 1.30. The van der Waals surface area contributed by atoms with Crippen LogP contribution in [0.25, 0.3) is 0 Å². The second-order valence-corrected chi connectivity index (χ2v) is 6.06. The lowest BCUT2D eigenvalue weighted by atomic mass is 9.91. The van der Waals surface area contributed by atoms with Crippen molar-refractivity contribution in [3.05, 3.63) is 34.9 Å². The van der Waals surface area contributed by atoms with Crippen LogP contribution in [0.3, 0.4) is 0 Å². The number of halogens is 1. The van der Waals surface area contributed by atoms with Crippen LogP contribution in [-0.2, 0) is 6.54 Å². The first-order valence-electron chi connectivity index (χ1n) is 6.84. The maximum Gasteiger partial charge on any atom is 0.0475 e. The lowest BCUT2D eigenvalue weighted by Gasteiger charge is -2.41. The fourth-order valence-corrected chi connectivity index (χ4v) is 2.96. The Kier molecular flexibility index (Phi) is 5.22. The summed E-state index contributed by atoms with van der Waals surface area (Å²) in [5.74, 6) is 0.400. The van der Waals surface area contributed by atoms with E-state index in [4.69, 9.17) is 11.6 Å². The Bertz CT molecular complexity index is 394. The summed E-state index contributed by atoms with van der Waals surface area (Å²) in [6.07, 6.45) is 1.06. The van der Waals surface area contributed by atoms with Crippen LogP contribution in [0.4, 0.5) is 0 Å². The molecule has 19 heavy (non-hydrogen) atoms. The third-order valence-electron chi connectivity index (χ3n) is 4.02. The highest BCUT2D eigenvalue weighted by molar-refractivity contribution is 6.30. The minimum Gasteiger partial charge on any atom is -0.396 e. The molecule has 1 aliphatic heterocycles. The monoisotopic (exact) mass is 282 g/mol. The van der Waals surface area contributed by atoms with Gasteiger partial charge >= 0.3 is 0 Å². The Morgan fingerprint density at radius 2 is 2.00 bits per heavy atom. The Morgan fingerprint density at radius 3 is 2.58 bits per heavy atom. The number of nitrogens with zero attached hydrogens (tertiary/aromatic N) is 2. The zero-order valence-corrected chi connectivity index (χ0v) is 12.5. The molecule has 0 saturated carbocycles. The molecule has 3 nitrogen and oxygen atoms in total. The third kappa shape index (κ3) is 3.93. The zero-order valence-electron chi connectivity index (χ0n) is 11.7. The fourth-order valence-electron chi connectivity index (χ4n) is 2.84. The normalized spacial score (nSPS) is 24.9. The van der Waals surface area contributed by atoms with Crippen LogP contribution in [0.5, 0.6) is 0 Å². The van der Waals surface area contributed by atoms with E-state index in [-0.39, 0.29) is 6.61 Å². The molecule has 106 valence electrons. The molecule has 0 aromatic heterocycles. The van der Waals surface area contributed by atoms with Crippen LogP contribution in [0.2, 0.25) is 5.02 Å². The molecule has 0 spiro atoms. The summed E-state index contributed by atoms with van der Waals surface area (Å²) in [6.45, 7) is 3.32. The van der Waals surface area contributed by atoms with Gasteiger partial charge in [0.05, 0.1) is 0 Å². The number of benzene rings is 1. The van der Waals surface area contributed by atoms with Gasteiger partial charge in [-0.2, -0.15) is 0 Å². The summed E-state index contributed by atoms with van der Waals surface area (Å²) in [5, 5.41) is 10.2. The lowest BCUT2D eigenvalue weighted by Crippen LogP contribution is -2.51. The molecule has 1 aromatic rings. The van der Waals surface area contributed by atoms with E-state index in [1.807, 2.05) is 12.1 Å². The fraction of sp³-hybridized carbons (Fsp3) is 0.600. The van der Waals surface area contributed by atoms with Crippen LogP contribution in [0, 0.1) is 5.92 Å². The summed E-state index contributed by atoms with van der Waals surface area (Å²) in [6, 6.07) is 8.50. The van der Waals surface area contributed by atoms with E-state index in [1.165, 1.54) is 5.56 Å². The molecule has 4 heteroatoms. The van der Waals surface area contributed by atoms with Gasteiger partial charge in [-0.1, -0.05) is 23.7 Å². The number of rotatable bonds is 4. The van der Waals surface area contributed by atoms with Crippen molar-refractivity contribution in [2.75, 3.05) is 33.8 Å². The van der Waals surface area contributed by atoms with Gasteiger partial charge in [0.15, 0.2) is 0 Å². The number of hydrogen-bond donors (Lipinski definition) is 1. The first-order chi connectivity index (χ1) is 9.10. The summed E-state index contributed by atoms with van der Waals surface area (Å²) >= 11 is 5.91. The number of likely N-dealkylation sites (N-methyl/N-ethyl adjacent to an activating group) is 1. The molecular weight excluding hydrogens is 260 g/mol. The Balaban J connectivity index is 1.97. The highest BCUT2D eigenvalue weighted by atomic mass is 35.5. The topological polar surface area (TPSA) is 26.7 Å². The lowest BCUT2D eigenvalue weighted by molar-refractivity contribution is 0.0461. The van der Waals surface area contributed by atoms with E-state index in [0.29, 0.717) is 12.0 Å². The molecule has 1 N–H and O–H groups in total. The van der Waals surface area contributed by atoms with E-state index in [2.05, 4.69) is 36.0 Å². The molecule has 0 radical (unpaired) electrons. The number of aliphatic hydroxyl groups is 1. The molecule has 1 fully saturated rings. The second-order valence-electron chi connectivity index (χ2n) is 5.62. The summed E-state index contributed by atoms with van der Waals surface area (Å²) in [7, 11) is 4.19. The van der Waals surface area contributed by atoms with Crippen LogP contribution in [0.1, 0.15) is 12.0 Å². The molecule has 0 amide bonds. The van der Waals surface area contributed by atoms with Gasteiger partial charge < -0.3 is 10.0 Å². The first-order valence-corrected chi connectivity index (χ1v) is 7.22. The van der Waals surface area contributed by atoms with Crippen molar-refractivity contribution in [2.45, 2.75) is 19.0 Å². The van der Waals surface area contributed by atoms with Gasteiger partial charge in [0.1, 0.15) is 0 Å². The molecule has 0 unspecified atom stereocenters. The Morgan fingerprint density at radius 1 is 1.32 bits per heavy atom. The predicted octanol–water partition coefficient (Wildman–Crippen LogP) is 2.08. The number of piperidine rings is 1. The van der Waals surface area contributed by atoms with Gasteiger partial charge in [-0.3, -0.25) is 4.90 Å². The van der Waals surface area contributed by atoms with Crippen LogP contribution in [-0.4, -0.2) is 54.7 Å². The van der Waals surface area contributed by atoms with Gasteiger partial charge in [0.25, 0.3) is 0 Å². The van der Waals surface area contributed by atoms with Crippen molar-refractivity contribution in [2.24, 2.45) is 5.92 Å². The van der Waals surface area contributed by atoms with Crippen LogP contribution >= 0.6 is 11.6 Å². The van der Waals surface area contributed by atoms with Gasteiger partial charge in [0.2, 0.25) is 0 Å². The molecule has 0 aliphatic carbocycles. The number of aliphatic hydroxyl groups excluding tert-OH is 1. The highest BCUT2D eigenvalue weighted by Crippen LogP contribution is 2.22.